The summed E-state index contributed by atoms with van der Waals surface area (Å²) in [5.41, 5.74) is -0.354. The van der Waals surface area contributed by atoms with Crippen molar-refractivity contribution in [3.63, 3.8) is 0 Å². The van der Waals surface area contributed by atoms with E-state index in [0.29, 0.717) is 6.42 Å². The van der Waals surface area contributed by atoms with Gasteiger partial charge in [0.25, 0.3) is 0 Å². The molecule has 4 heteroatoms. The maximum absolute atomic E-state index is 12.3. The maximum atomic E-state index is 12.3. The minimum atomic E-state index is -0.454. The summed E-state index contributed by atoms with van der Waals surface area (Å²) in [6, 6.07) is 4.03. The van der Waals surface area contributed by atoms with E-state index in [1.54, 1.807) is 11.3 Å². The molecule has 1 atom stereocenters. The average molecular weight is 307 g/mol. The summed E-state index contributed by atoms with van der Waals surface area (Å²) >= 11 is 1.65. The molecule has 1 aromatic rings. The van der Waals surface area contributed by atoms with E-state index in [4.69, 9.17) is 0 Å². The lowest BCUT2D eigenvalue weighted by Gasteiger charge is -2.59. The predicted octanol–water partition coefficient (Wildman–Crippen LogP) is 3.22. The van der Waals surface area contributed by atoms with Crippen molar-refractivity contribution in [3.8, 4) is 0 Å². The van der Waals surface area contributed by atoms with Gasteiger partial charge in [-0.3, -0.25) is 4.79 Å². The van der Waals surface area contributed by atoms with Gasteiger partial charge in [-0.2, -0.15) is 0 Å². The number of amides is 1. The molecule has 1 aromatic heterocycles. The maximum Gasteiger partial charge on any atom is 0.227 e. The highest BCUT2D eigenvalue weighted by molar-refractivity contribution is 7.10. The Bertz CT molecular complexity index is 491. The lowest BCUT2D eigenvalue weighted by molar-refractivity contribution is -0.194. The van der Waals surface area contributed by atoms with Crippen LogP contribution in [0, 0.1) is 5.41 Å². The van der Waals surface area contributed by atoms with Crippen LogP contribution < -0.4 is 0 Å². The van der Waals surface area contributed by atoms with Crippen LogP contribution in [0.15, 0.2) is 17.5 Å². The van der Waals surface area contributed by atoms with Gasteiger partial charge >= 0.3 is 0 Å². The quantitative estimate of drug-likeness (QED) is 0.928. The van der Waals surface area contributed by atoms with E-state index in [1.165, 1.54) is 0 Å². The van der Waals surface area contributed by atoms with E-state index in [2.05, 4.69) is 6.92 Å². The summed E-state index contributed by atoms with van der Waals surface area (Å²) in [7, 11) is 0. The molecule has 2 aliphatic rings. The molecule has 3 rings (SSSR count). The summed E-state index contributed by atoms with van der Waals surface area (Å²) in [6.07, 6.45) is 6.51. The molecule has 1 saturated carbocycles. The molecule has 2 fully saturated rings. The fraction of sp³-hybridized carbons (Fsp3) is 0.706. The van der Waals surface area contributed by atoms with Crippen LogP contribution in [-0.4, -0.2) is 34.6 Å². The zero-order valence-electron chi connectivity index (χ0n) is 12.8. The number of likely N-dealkylation sites (tertiary alicyclic amines) is 1. The molecule has 0 radical (unpaired) electrons. The molecular formula is C17H25NO2S. The van der Waals surface area contributed by atoms with Crippen LogP contribution in [0.5, 0.6) is 0 Å². The fourth-order valence-electron chi connectivity index (χ4n) is 4.14. The summed E-state index contributed by atoms with van der Waals surface area (Å²) in [5.74, 6) is 0.241. The molecule has 1 saturated heterocycles. The highest BCUT2D eigenvalue weighted by Gasteiger charge is 2.57. The topological polar surface area (TPSA) is 40.5 Å². The largest absolute Gasteiger partial charge is 0.389 e. The van der Waals surface area contributed by atoms with E-state index in [1.807, 2.05) is 22.4 Å². The van der Waals surface area contributed by atoms with Gasteiger partial charge in [0.1, 0.15) is 0 Å². The third-order valence-corrected chi connectivity index (χ3v) is 6.52. The Balaban J connectivity index is 1.57. The minimum absolute atomic E-state index is 0.0999. The number of hydrogen-bond acceptors (Lipinski definition) is 3. The second-order valence-corrected chi connectivity index (χ2v) is 7.73. The van der Waals surface area contributed by atoms with Crippen LogP contribution in [-0.2, 0) is 11.2 Å². The average Bonchev–Trinajstić information content (AvgIpc) is 2.99. The molecule has 116 valence electrons. The Kier molecular flexibility index (Phi) is 4.10. The van der Waals surface area contributed by atoms with Crippen molar-refractivity contribution < 1.29 is 9.90 Å². The van der Waals surface area contributed by atoms with Gasteiger partial charge < -0.3 is 10.0 Å². The first-order valence-electron chi connectivity index (χ1n) is 8.11. The summed E-state index contributed by atoms with van der Waals surface area (Å²) in [4.78, 5) is 15.5. The van der Waals surface area contributed by atoms with Gasteiger partial charge in [0.15, 0.2) is 0 Å². The number of carbonyl (C=O) groups is 1. The van der Waals surface area contributed by atoms with Crippen LogP contribution in [0.1, 0.15) is 50.3 Å². The van der Waals surface area contributed by atoms with Crippen molar-refractivity contribution in [2.24, 2.45) is 5.41 Å². The van der Waals surface area contributed by atoms with Crippen molar-refractivity contribution >= 4 is 17.2 Å². The van der Waals surface area contributed by atoms with Gasteiger partial charge in [0, 0.05) is 23.4 Å². The summed E-state index contributed by atoms with van der Waals surface area (Å²) in [5, 5.41) is 12.8. The molecule has 1 N–H and O–H groups in total. The van der Waals surface area contributed by atoms with E-state index in [-0.39, 0.29) is 11.3 Å². The third-order valence-electron chi connectivity index (χ3n) is 5.65. The van der Waals surface area contributed by atoms with Gasteiger partial charge in [-0.1, -0.05) is 19.4 Å². The van der Waals surface area contributed by atoms with Crippen LogP contribution in [0.2, 0.25) is 0 Å². The monoisotopic (exact) mass is 307 g/mol. The van der Waals surface area contributed by atoms with Crippen molar-refractivity contribution in [1.29, 1.82) is 0 Å². The Morgan fingerprint density at radius 2 is 2.10 bits per heavy atom. The Hall–Kier alpha value is -0.870. The number of thiophene rings is 1. The van der Waals surface area contributed by atoms with E-state index < -0.39 is 5.60 Å². The van der Waals surface area contributed by atoms with Crippen molar-refractivity contribution in [2.45, 2.75) is 57.5 Å². The first kappa shape index (κ1) is 15.0. The number of piperidine rings is 1. The zero-order chi connectivity index (χ0) is 14.9. The highest BCUT2D eigenvalue weighted by Crippen LogP contribution is 2.58. The van der Waals surface area contributed by atoms with Gasteiger partial charge in [-0.15, -0.1) is 11.3 Å². The molecule has 1 amide bonds. The van der Waals surface area contributed by atoms with E-state index >= 15 is 0 Å². The van der Waals surface area contributed by atoms with Crippen molar-refractivity contribution in [3.05, 3.63) is 22.4 Å². The molecule has 2 heterocycles. The Morgan fingerprint density at radius 3 is 2.62 bits per heavy atom. The smallest absolute Gasteiger partial charge is 0.227 e. The molecule has 3 nitrogen and oxygen atoms in total. The second kappa shape index (κ2) is 5.73. The summed E-state index contributed by atoms with van der Waals surface area (Å²) in [6.45, 7) is 3.77. The fourth-order valence-corrected chi connectivity index (χ4v) is 4.84. The molecule has 1 aliphatic carbocycles. The number of hydrogen-bond donors (Lipinski definition) is 1. The molecule has 1 spiro atoms. The molecular weight excluding hydrogens is 282 g/mol. The van der Waals surface area contributed by atoms with E-state index in [9.17, 15) is 9.90 Å². The van der Waals surface area contributed by atoms with Crippen LogP contribution >= 0.6 is 11.3 Å². The highest BCUT2D eigenvalue weighted by atomic mass is 32.1. The third kappa shape index (κ3) is 2.64. The summed E-state index contributed by atoms with van der Waals surface area (Å²) < 4.78 is 0. The van der Waals surface area contributed by atoms with Crippen molar-refractivity contribution in [1.82, 2.24) is 4.90 Å². The lowest BCUT2D eigenvalue weighted by atomic mass is 9.51. The lowest BCUT2D eigenvalue weighted by Crippen LogP contribution is -2.61. The number of rotatable bonds is 4. The Morgan fingerprint density at radius 1 is 1.33 bits per heavy atom. The van der Waals surface area contributed by atoms with Gasteiger partial charge in [0.2, 0.25) is 5.91 Å². The second-order valence-electron chi connectivity index (χ2n) is 6.70. The van der Waals surface area contributed by atoms with Gasteiger partial charge in [-0.05, 0) is 43.6 Å². The van der Waals surface area contributed by atoms with Crippen LogP contribution in [0.4, 0.5) is 0 Å². The zero-order valence-corrected chi connectivity index (χ0v) is 13.6. The predicted molar refractivity (Wildman–Crippen MR) is 85.4 cm³/mol. The van der Waals surface area contributed by atoms with Crippen LogP contribution in [0.25, 0.3) is 0 Å². The van der Waals surface area contributed by atoms with Crippen LogP contribution in [0.3, 0.4) is 0 Å². The molecule has 1 unspecified atom stereocenters. The molecule has 0 bridgehead atoms. The van der Waals surface area contributed by atoms with E-state index in [0.717, 1.165) is 56.5 Å². The standard InChI is InChI=1S/C17H25NO2S/c1-2-5-17(20)7-6-16(17)8-10-18(11-9-16)15(19)13-14-4-3-12-21-14/h3-4,12,20H,2,5-11,13H2,1H3. The molecule has 0 aromatic carbocycles. The van der Waals surface area contributed by atoms with Gasteiger partial charge in [0.05, 0.1) is 12.0 Å². The first-order chi connectivity index (χ1) is 10.1. The van der Waals surface area contributed by atoms with Crippen molar-refractivity contribution in [2.75, 3.05) is 13.1 Å². The molecule has 1 aliphatic heterocycles. The first-order valence-corrected chi connectivity index (χ1v) is 8.99. The SMILES string of the molecule is CCCC1(O)CCC12CCN(C(=O)Cc1cccs1)CC2. The number of carbonyl (C=O) groups excluding carboxylic acids is 1. The van der Waals surface area contributed by atoms with Gasteiger partial charge in [-0.25, -0.2) is 0 Å². The number of aliphatic hydroxyl groups is 1. The molecule has 21 heavy (non-hydrogen) atoms. The number of nitrogens with zero attached hydrogens (tertiary/aromatic N) is 1. The Labute approximate surface area is 131 Å². The normalized spacial score (nSPS) is 27.6. The minimum Gasteiger partial charge on any atom is -0.389 e.